The molecular formula is C9H13N3OS. The van der Waals surface area contributed by atoms with Crippen molar-refractivity contribution in [2.75, 3.05) is 0 Å². The van der Waals surface area contributed by atoms with Crippen molar-refractivity contribution in [1.82, 2.24) is 4.98 Å². The second kappa shape index (κ2) is 4.85. The summed E-state index contributed by atoms with van der Waals surface area (Å²) in [5.41, 5.74) is 6.14. The van der Waals surface area contributed by atoms with E-state index in [1.807, 2.05) is 0 Å². The summed E-state index contributed by atoms with van der Waals surface area (Å²) in [5, 5.41) is 12.8. The monoisotopic (exact) mass is 211 g/mol. The molecule has 76 valence electrons. The van der Waals surface area contributed by atoms with Crippen molar-refractivity contribution >= 4 is 17.6 Å². The van der Waals surface area contributed by atoms with Crippen LogP contribution in [0.5, 0.6) is 0 Å². The topological polar surface area (TPSA) is 71.5 Å². The minimum absolute atomic E-state index is 0.109. The van der Waals surface area contributed by atoms with Gasteiger partial charge < -0.3 is 10.9 Å². The molecule has 3 N–H and O–H groups in total. The molecule has 0 aliphatic rings. The molecule has 1 rings (SSSR count). The van der Waals surface area contributed by atoms with Crippen LogP contribution in [0.1, 0.15) is 19.4 Å². The third kappa shape index (κ3) is 2.92. The van der Waals surface area contributed by atoms with Crippen LogP contribution in [0.2, 0.25) is 0 Å². The van der Waals surface area contributed by atoms with E-state index in [-0.39, 0.29) is 5.84 Å². The Labute approximate surface area is 87.2 Å². The summed E-state index contributed by atoms with van der Waals surface area (Å²) in [7, 11) is 0. The zero-order valence-corrected chi connectivity index (χ0v) is 8.95. The van der Waals surface area contributed by atoms with Crippen molar-refractivity contribution in [3.63, 3.8) is 0 Å². The maximum Gasteiger partial charge on any atom is 0.170 e. The molecule has 0 spiro atoms. The molecule has 0 radical (unpaired) electrons. The second-order valence-electron chi connectivity index (χ2n) is 3.03. The number of rotatable bonds is 3. The largest absolute Gasteiger partial charge is 0.409 e. The highest BCUT2D eigenvalue weighted by atomic mass is 32.2. The summed E-state index contributed by atoms with van der Waals surface area (Å²) in [6.07, 6.45) is 1.65. The molecule has 0 aromatic carbocycles. The zero-order valence-electron chi connectivity index (χ0n) is 8.14. The number of hydrogen-bond acceptors (Lipinski definition) is 4. The van der Waals surface area contributed by atoms with Gasteiger partial charge in [-0.1, -0.05) is 19.0 Å². The lowest BCUT2D eigenvalue weighted by atomic mass is 10.2. The second-order valence-corrected chi connectivity index (χ2v) is 4.63. The molecule has 0 atom stereocenters. The van der Waals surface area contributed by atoms with E-state index in [0.29, 0.717) is 10.8 Å². The van der Waals surface area contributed by atoms with Gasteiger partial charge in [0.15, 0.2) is 5.84 Å². The molecule has 1 heterocycles. The Bertz CT molecular complexity index is 339. The van der Waals surface area contributed by atoms with Crippen molar-refractivity contribution in [3.05, 3.63) is 23.9 Å². The fraction of sp³-hybridized carbons (Fsp3) is 0.333. The first-order valence-corrected chi connectivity index (χ1v) is 5.12. The maximum absolute atomic E-state index is 8.50. The van der Waals surface area contributed by atoms with Gasteiger partial charge in [-0.2, -0.15) is 0 Å². The van der Waals surface area contributed by atoms with Crippen LogP contribution >= 0.6 is 11.8 Å². The molecule has 0 saturated carbocycles. The highest BCUT2D eigenvalue weighted by Gasteiger charge is 2.03. The molecular weight excluding hydrogens is 198 g/mol. The van der Waals surface area contributed by atoms with Crippen molar-refractivity contribution in [3.8, 4) is 0 Å². The van der Waals surface area contributed by atoms with Gasteiger partial charge in [0.25, 0.3) is 0 Å². The third-order valence-corrected chi connectivity index (χ3v) is 2.43. The molecule has 0 aliphatic carbocycles. The Kier molecular flexibility index (Phi) is 3.76. The van der Waals surface area contributed by atoms with Crippen LogP contribution in [0, 0.1) is 0 Å². The SMILES string of the molecule is CC(C)Sc1cc(/C(N)=N/O)ccn1. The van der Waals surface area contributed by atoms with Gasteiger partial charge >= 0.3 is 0 Å². The van der Waals surface area contributed by atoms with Gasteiger partial charge in [-0.25, -0.2) is 4.98 Å². The summed E-state index contributed by atoms with van der Waals surface area (Å²) in [4.78, 5) is 4.17. The van der Waals surface area contributed by atoms with E-state index >= 15 is 0 Å². The average molecular weight is 211 g/mol. The van der Waals surface area contributed by atoms with Crippen molar-refractivity contribution in [2.45, 2.75) is 24.1 Å². The van der Waals surface area contributed by atoms with Gasteiger partial charge in [0.05, 0.1) is 5.03 Å². The normalized spacial score (nSPS) is 12.1. The quantitative estimate of drug-likeness (QED) is 0.262. The summed E-state index contributed by atoms with van der Waals surface area (Å²) in [5.74, 6) is 0.109. The fourth-order valence-corrected chi connectivity index (χ4v) is 1.73. The Hall–Kier alpha value is -1.23. The highest BCUT2D eigenvalue weighted by molar-refractivity contribution is 7.99. The first-order valence-electron chi connectivity index (χ1n) is 4.24. The predicted octanol–water partition coefficient (Wildman–Crippen LogP) is 1.68. The Morgan fingerprint density at radius 1 is 1.64 bits per heavy atom. The van der Waals surface area contributed by atoms with Gasteiger partial charge in [-0.3, -0.25) is 0 Å². The van der Waals surface area contributed by atoms with Crippen LogP contribution in [0.4, 0.5) is 0 Å². The number of thioether (sulfide) groups is 1. The van der Waals surface area contributed by atoms with Crippen molar-refractivity contribution < 1.29 is 5.21 Å². The zero-order chi connectivity index (χ0) is 10.6. The van der Waals surface area contributed by atoms with Gasteiger partial charge in [-0.15, -0.1) is 11.8 Å². The Morgan fingerprint density at radius 3 is 2.93 bits per heavy atom. The number of nitrogens with two attached hydrogens (primary N) is 1. The minimum Gasteiger partial charge on any atom is -0.409 e. The summed E-state index contributed by atoms with van der Waals surface area (Å²) >= 11 is 1.64. The molecule has 0 saturated heterocycles. The smallest absolute Gasteiger partial charge is 0.170 e. The van der Waals surface area contributed by atoms with Crippen LogP contribution in [-0.4, -0.2) is 21.3 Å². The first-order chi connectivity index (χ1) is 6.63. The molecule has 1 aromatic rings. The Balaban J connectivity index is 2.90. The molecule has 5 heteroatoms. The molecule has 0 bridgehead atoms. The van der Waals surface area contributed by atoms with Crippen LogP contribution < -0.4 is 5.73 Å². The van der Waals surface area contributed by atoms with E-state index in [0.717, 1.165) is 5.03 Å². The number of amidine groups is 1. The Morgan fingerprint density at radius 2 is 2.36 bits per heavy atom. The van der Waals surface area contributed by atoms with Crippen LogP contribution in [0.3, 0.4) is 0 Å². The number of hydrogen-bond donors (Lipinski definition) is 2. The fourth-order valence-electron chi connectivity index (χ4n) is 0.932. The third-order valence-electron chi connectivity index (χ3n) is 1.49. The minimum atomic E-state index is 0.109. The first kappa shape index (κ1) is 10.8. The van der Waals surface area contributed by atoms with Crippen molar-refractivity contribution in [1.29, 1.82) is 0 Å². The lowest BCUT2D eigenvalue weighted by Gasteiger charge is -2.04. The van der Waals surface area contributed by atoms with E-state index in [1.54, 1.807) is 30.1 Å². The average Bonchev–Trinajstić information content (AvgIpc) is 2.16. The summed E-state index contributed by atoms with van der Waals surface area (Å²) < 4.78 is 0. The molecule has 0 unspecified atom stereocenters. The molecule has 4 nitrogen and oxygen atoms in total. The number of nitrogens with zero attached hydrogens (tertiary/aromatic N) is 2. The maximum atomic E-state index is 8.50. The molecule has 0 aliphatic heterocycles. The van der Waals surface area contributed by atoms with Crippen LogP contribution in [0.15, 0.2) is 28.5 Å². The number of oxime groups is 1. The number of aromatic nitrogens is 1. The van der Waals surface area contributed by atoms with E-state index in [4.69, 9.17) is 10.9 Å². The molecule has 0 fully saturated rings. The number of pyridine rings is 1. The molecule has 0 amide bonds. The van der Waals surface area contributed by atoms with Gasteiger partial charge in [0.2, 0.25) is 0 Å². The van der Waals surface area contributed by atoms with Gasteiger partial charge in [0, 0.05) is 17.0 Å². The standard InChI is InChI=1S/C9H13N3OS/c1-6(2)14-8-5-7(3-4-11-8)9(10)12-13/h3-6,13H,1-2H3,(H2,10,12). The van der Waals surface area contributed by atoms with Crippen LogP contribution in [-0.2, 0) is 0 Å². The van der Waals surface area contributed by atoms with E-state index in [2.05, 4.69) is 24.0 Å². The molecule has 14 heavy (non-hydrogen) atoms. The molecule has 1 aromatic heterocycles. The van der Waals surface area contributed by atoms with E-state index < -0.39 is 0 Å². The van der Waals surface area contributed by atoms with E-state index in [9.17, 15) is 0 Å². The van der Waals surface area contributed by atoms with E-state index in [1.165, 1.54) is 0 Å². The summed E-state index contributed by atoms with van der Waals surface area (Å²) in [6.45, 7) is 4.17. The van der Waals surface area contributed by atoms with Crippen LogP contribution in [0.25, 0.3) is 0 Å². The van der Waals surface area contributed by atoms with Gasteiger partial charge in [-0.05, 0) is 12.1 Å². The lowest BCUT2D eigenvalue weighted by molar-refractivity contribution is 0.318. The predicted molar refractivity (Wildman–Crippen MR) is 57.7 cm³/mol. The summed E-state index contributed by atoms with van der Waals surface area (Å²) in [6, 6.07) is 3.51. The van der Waals surface area contributed by atoms with Gasteiger partial charge in [0.1, 0.15) is 0 Å². The highest BCUT2D eigenvalue weighted by Crippen LogP contribution is 2.20. The lowest BCUT2D eigenvalue weighted by Crippen LogP contribution is -2.13. The van der Waals surface area contributed by atoms with Crippen molar-refractivity contribution in [2.24, 2.45) is 10.9 Å².